The van der Waals surface area contributed by atoms with E-state index >= 15 is 0 Å². The Kier molecular flexibility index (Phi) is 3.97. The second-order valence-corrected chi connectivity index (χ2v) is 2.99. The molecule has 0 radical (unpaired) electrons. The molecule has 15 heavy (non-hydrogen) atoms. The van der Waals surface area contributed by atoms with Gasteiger partial charge in [-0.2, -0.15) is 0 Å². The molecule has 82 valence electrons. The van der Waals surface area contributed by atoms with Gasteiger partial charge in [-0.1, -0.05) is 6.07 Å². The monoisotopic (exact) mass is 210 g/mol. The topological polar surface area (TPSA) is 55.8 Å². The van der Waals surface area contributed by atoms with Crippen molar-refractivity contribution in [2.75, 3.05) is 13.7 Å². The third kappa shape index (κ3) is 3.16. The molecule has 0 aromatic heterocycles. The number of rotatable bonds is 5. The maximum atomic E-state index is 10.5. The summed E-state index contributed by atoms with van der Waals surface area (Å²) in [5, 5.41) is 8.64. The number of carboxylic acids is 1. The van der Waals surface area contributed by atoms with Gasteiger partial charge in [-0.25, -0.2) is 0 Å². The van der Waals surface area contributed by atoms with Gasteiger partial charge in [0.1, 0.15) is 0 Å². The molecular weight excluding hydrogens is 196 g/mol. The summed E-state index contributed by atoms with van der Waals surface area (Å²) in [5.74, 6) is 0.340. The van der Waals surface area contributed by atoms with Crippen LogP contribution in [0.2, 0.25) is 0 Å². The quantitative estimate of drug-likeness (QED) is 0.804. The van der Waals surface area contributed by atoms with E-state index in [1.54, 1.807) is 25.3 Å². The molecule has 0 aliphatic carbocycles. The molecule has 0 aliphatic heterocycles. The minimum Gasteiger partial charge on any atom is -0.493 e. The average molecular weight is 210 g/mol. The highest BCUT2D eigenvalue weighted by atomic mass is 16.5. The Morgan fingerprint density at radius 1 is 1.40 bits per heavy atom. The van der Waals surface area contributed by atoms with Gasteiger partial charge in [0, 0.05) is 0 Å². The number of ether oxygens (including phenoxy) is 2. The van der Waals surface area contributed by atoms with Crippen LogP contribution < -0.4 is 9.47 Å². The molecule has 1 rings (SSSR count). The first kappa shape index (κ1) is 11.4. The molecular formula is C11H14O4. The number of carbonyl (C=O) groups is 1. The van der Waals surface area contributed by atoms with Crippen molar-refractivity contribution in [3.8, 4) is 11.5 Å². The highest BCUT2D eigenvalue weighted by molar-refractivity contribution is 5.70. The maximum Gasteiger partial charge on any atom is 0.307 e. The van der Waals surface area contributed by atoms with E-state index in [0.29, 0.717) is 23.7 Å². The number of aliphatic carboxylic acids is 1. The van der Waals surface area contributed by atoms with Crippen molar-refractivity contribution in [1.82, 2.24) is 0 Å². The Morgan fingerprint density at radius 3 is 2.67 bits per heavy atom. The van der Waals surface area contributed by atoms with Crippen molar-refractivity contribution in [3.63, 3.8) is 0 Å². The van der Waals surface area contributed by atoms with Gasteiger partial charge in [-0.05, 0) is 24.6 Å². The normalized spacial score (nSPS) is 9.73. The summed E-state index contributed by atoms with van der Waals surface area (Å²) < 4.78 is 10.4. The molecule has 1 N–H and O–H groups in total. The molecule has 0 fully saturated rings. The highest BCUT2D eigenvalue weighted by Crippen LogP contribution is 2.28. The first-order valence-electron chi connectivity index (χ1n) is 4.69. The second kappa shape index (κ2) is 5.24. The number of methoxy groups -OCH3 is 1. The molecule has 1 aromatic rings. The van der Waals surface area contributed by atoms with Crippen LogP contribution >= 0.6 is 0 Å². The van der Waals surface area contributed by atoms with Crippen molar-refractivity contribution in [2.24, 2.45) is 0 Å². The van der Waals surface area contributed by atoms with E-state index in [1.807, 2.05) is 6.92 Å². The summed E-state index contributed by atoms with van der Waals surface area (Å²) in [6, 6.07) is 5.12. The summed E-state index contributed by atoms with van der Waals surface area (Å²) in [4.78, 5) is 10.5. The Bertz CT molecular complexity index is 346. The minimum atomic E-state index is -0.859. The summed E-state index contributed by atoms with van der Waals surface area (Å²) in [7, 11) is 1.55. The van der Waals surface area contributed by atoms with Crippen LogP contribution in [-0.4, -0.2) is 24.8 Å². The Hall–Kier alpha value is -1.71. The van der Waals surface area contributed by atoms with Crippen molar-refractivity contribution >= 4 is 5.97 Å². The van der Waals surface area contributed by atoms with E-state index in [2.05, 4.69) is 0 Å². The fourth-order valence-electron chi connectivity index (χ4n) is 1.27. The van der Waals surface area contributed by atoms with Crippen LogP contribution in [0.3, 0.4) is 0 Å². The largest absolute Gasteiger partial charge is 0.493 e. The van der Waals surface area contributed by atoms with Crippen LogP contribution in [0.1, 0.15) is 12.5 Å². The van der Waals surface area contributed by atoms with Crippen LogP contribution in [0.4, 0.5) is 0 Å². The SMILES string of the molecule is CCOc1cc(CC(=O)O)ccc1OC. The van der Waals surface area contributed by atoms with Gasteiger partial charge in [0.05, 0.1) is 20.1 Å². The number of hydrogen-bond donors (Lipinski definition) is 1. The zero-order valence-corrected chi connectivity index (χ0v) is 8.82. The summed E-state index contributed by atoms with van der Waals surface area (Å²) in [6.07, 6.45) is -0.00985. The number of hydrogen-bond acceptors (Lipinski definition) is 3. The predicted molar refractivity (Wildman–Crippen MR) is 55.5 cm³/mol. The molecule has 0 saturated heterocycles. The summed E-state index contributed by atoms with van der Waals surface area (Å²) >= 11 is 0. The third-order valence-corrected chi connectivity index (χ3v) is 1.88. The molecule has 0 unspecified atom stereocenters. The zero-order chi connectivity index (χ0) is 11.3. The van der Waals surface area contributed by atoms with Gasteiger partial charge in [0.25, 0.3) is 0 Å². The molecule has 4 heteroatoms. The maximum absolute atomic E-state index is 10.5. The van der Waals surface area contributed by atoms with Gasteiger partial charge >= 0.3 is 5.97 Å². The molecule has 1 aromatic carbocycles. The lowest BCUT2D eigenvalue weighted by Gasteiger charge is -2.10. The van der Waals surface area contributed by atoms with Crippen molar-refractivity contribution in [2.45, 2.75) is 13.3 Å². The van der Waals surface area contributed by atoms with Crippen LogP contribution in [0.15, 0.2) is 18.2 Å². The van der Waals surface area contributed by atoms with E-state index < -0.39 is 5.97 Å². The molecule has 0 spiro atoms. The van der Waals surface area contributed by atoms with Gasteiger partial charge in [-0.3, -0.25) is 4.79 Å². The molecule has 0 aliphatic rings. The number of benzene rings is 1. The zero-order valence-electron chi connectivity index (χ0n) is 8.82. The number of carboxylic acid groups (broad SMARTS) is 1. The smallest absolute Gasteiger partial charge is 0.307 e. The van der Waals surface area contributed by atoms with Gasteiger partial charge in [0.15, 0.2) is 11.5 Å². The molecule has 4 nitrogen and oxygen atoms in total. The van der Waals surface area contributed by atoms with Crippen LogP contribution in [0.5, 0.6) is 11.5 Å². The fraction of sp³-hybridized carbons (Fsp3) is 0.364. The van der Waals surface area contributed by atoms with Crippen LogP contribution in [0.25, 0.3) is 0 Å². The fourth-order valence-corrected chi connectivity index (χ4v) is 1.27. The van der Waals surface area contributed by atoms with Crippen molar-refractivity contribution < 1.29 is 19.4 Å². The van der Waals surface area contributed by atoms with Crippen LogP contribution in [-0.2, 0) is 11.2 Å². The Labute approximate surface area is 88.4 Å². The predicted octanol–water partition coefficient (Wildman–Crippen LogP) is 1.72. The first-order valence-corrected chi connectivity index (χ1v) is 4.69. The summed E-state index contributed by atoms with van der Waals surface area (Å²) in [5.41, 5.74) is 0.701. The standard InChI is InChI=1S/C11H14O4/c1-3-15-10-6-8(7-11(12)13)4-5-9(10)14-2/h4-6H,3,7H2,1-2H3,(H,12,13). The summed E-state index contributed by atoms with van der Waals surface area (Å²) in [6.45, 7) is 2.39. The molecule has 0 heterocycles. The average Bonchev–Trinajstić information content (AvgIpc) is 2.18. The van der Waals surface area contributed by atoms with Gasteiger partial charge in [-0.15, -0.1) is 0 Å². The first-order chi connectivity index (χ1) is 7.17. The van der Waals surface area contributed by atoms with E-state index in [1.165, 1.54) is 0 Å². The van der Waals surface area contributed by atoms with Crippen molar-refractivity contribution in [1.29, 1.82) is 0 Å². The lowest BCUT2D eigenvalue weighted by Crippen LogP contribution is -2.01. The van der Waals surface area contributed by atoms with Crippen LogP contribution in [0, 0.1) is 0 Å². The Morgan fingerprint density at radius 2 is 2.13 bits per heavy atom. The van der Waals surface area contributed by atoms with E-state index in [4.69, 9.17) is 14.6 Å². The molecule has 0 saturated carbocycles. The Balaban J connectivity index is 2.93. The second-order valence-electron chi connectivity index (χ2n) is 2.99. The van der Waals surface area contributed by atoms with Gasteiger partial charge < -0.3 is 14.6 Å². The lowest BCUT2D eigenvalue weighted by atomic mass is 10.1. The molecule has 0 bridgehead atoms. The third-order valence-electron chi connectivity index (χ3n) is 1.88. The molecule has 0 atom stereocenters. The minimum absolute atomic E-state index is 0.00985. The van der Waals surface area contributed by atoms with Gasteiger partial charge in [0.2, 0.25) is 0 Å². The van der Waals surface area contributed by atoms with E-state index in [9.17, 15) is 4.79 Å². The molecule has 0 amide bonds. The lowest BCUT2D eigenvalue weighted by molar-refractivity contribution is -0.136. The van der Waals surface area contributed by atoms with E-state index in [-0.39, 0.29) is 6.42 Å². The highest BCUT2D eigenvalue weighted by Gasteiger charge is 2.07. The van der Waals surface area contributed by atoms with Crippen molar-refractivity contribution in [3.05, 3.63) is 23.8 Å². The van der Waals surface area contributed by atoms with E-state index in [0.717, 1.165) is 0 Å².